The molecule has 0 saturated carbocycles. The molecule has 126 valence electrons. The van der Waals surface area contributed by atoms with Crippen LogP contribution in [0.1, 0.15) is 11.3 Å². The molecule has 0 aliphatic heterocycles. The maximum absolute atomic E-state index is 12.8. The number of nitrogens with one attached hydrogen (secondary N) is 1. The van der Waals surface area contributed by atoms with Gasteiger partial charge in [-0.25, -0.2) is 0 Å². The summed E-state index contributed by atoms with van der Waals surface area (Å²) in [6.07, 6.45) is -4.58. The lowest BCUT2D eigenvalue weighted by molar-refractivity contribution is -0.402. The molecule has 1 aromatic carbocycles. The van der Waals surface area contributed by atoms with Gasteiger partial charge in [-0.2, -0.15) is 23.7 Å². The predicted octanol–water partition coefficient (Wildman–Crippen LogP) is 4.08. The van der Waals surface area contributed by atoms with E-state index in [1.807, 2.05) is 0 Å². The van der Waals surface area contributed by atoms with Crippen molar-refractivity contribution in [1.29, 1.82) is 10.5 Å². The van der Waals surface area contributed by atoms with Crippen LogP contribution in [0.3, 0.4) is 0 Å². The number of nitro groups is 1. The lowest BCUT2D eigenvalue weighted by Crippen LogP contribution is -2.06. The zero-order valence-electron chi connectivity index (χ0n) is 12.2. The standard InChI is InChI=1S/C15H7F3N4O3/c16-15(17,18)10-2-1-3-11(6-10)21-14(9(7-19)8-20)12-4-5-13(25-12)22(23)24/h1-6,21H. The molecule has 0 radical (unpaired) electrons. The van der Waals surface area contributed by atoms with Crippen molar-refractivity contribution >= 4 is 17.3 Å². The van der Waals surface area contributed by atoms with E-state index in [9.17, 15) is 23.3 Å². The zero-order valence-corrected chi connectivity index (χ0v) is 12.2. The Balaban J connectivity index is 2.49. The van der Waals surface area contributed by atoms with Crippen molar-refractivity contribution < 1.29 is 22.5 Å². The van der Waals surface area contributed by atoms with Crippen molar-refractivity contribution in [3.8, 4) is 12.1 Å². The second-order valence-electron chi connectivity index (χ2n) is 4.57. The molecule has 10 heteroatoms. The first-order valence-electron chi connectivity index (χ1n) is 6.49. The predicted molar refractivity (Wildman–Crippen MR) is 78.6 cm³/mol. The van der Waals surface area contributed by atoms with E-state index >= 15 is 0 Å². The Morgan fingerprint density at radius 1 is 1.20 bits per heavy atom. The third-order valence-corrected chi connectivity index (χ3v) is 2.95. The number of hydrogen-bond acceptors (Lipinski definition) is 6. The third kappa shape index (κ3) is 3.95. The van der Waals surface area contributed by atoms with Gasteiger partial charge < -0.3 is 9.73 Å². The number of rotatable bonds is 4. The summed E-state index contributed by atoms with van der Waals surface area (Å²) in [7, 11) is 0. The summed E-state index contributed by atoms with van der Waals surface area (Å²) in [4.78, 5) is 9.85. The first-order chi connectivity index (χ1) is 11.8. The molecule has 0 aliphatic rings. The maximum Gasteiger partial charge on any atom is 0.433 e. The monoisotopic (exact) mass is 348 g/mol. The van der Waals surface area contributed by atoms with E-state index in [0.29, 0.717) is 0 Å². The molecule has 1 heterocycles. The van der Waals surface area contributed by atoms with Gasteiger partial charge in [-0.1, -0.05) is 6.07 Å². The topological polar surface area (TPSA) is 116 Å². The number of alkyl halides is 3. The molecule has 0 aliphatic carbocycles. The minimum absolute atomic E-state index is 0.0770. The van der Waals surface area contributed by atoms with Crippen LogP contribution in [0.15, 0.2) is 46.4 Å². The average molecular weight is 348 g/mol. The van der Waals surface area contributed by atoms with Gasteiger partial charge in [0.15, 0.2) is 11.3 Å². The van der Waals surface area contributed by atoms with E-state index < -0.39 is 28.1 Å². The first kappa shape index (κ1) is 17.6. The highest BCUT2D eigenvalue weighted by molar-refractivity contribution is 5.81. The molecule has 7 nitrogen and oxygen atoms in total. The fourth-order valence-corrected chi connectivity index (χ4v) is 1.86. The highest BCUT2D eigenvalue weighted by atomic mass is 19.4. The van der Waals surface area contributed by atoms with Gasteiger partial charge in [0.2, 0.25) is 0 Å². The van der Waals surface area contributed by atoms with Gasteiger partial charge in [-0.15, -0.1) is 0 Å². The quantitative estimate of drug-likeness (QED) is 0.505. The Morgan fingerprint density at radius 3 is 2.40 bits per heavy atom. The van der Waals surface area contributed by atoms with Crippen molar-refractivity contribution in [3.63, 3.8) is 0 Å². The number of benzene rings is 1. The Labute approximate surface area is 138 Å². The van der Waals surface area contributed by atoms with Gasteiger partial charge in [0.25, 0.3) is 0 Å². The zero-order chi connectivity index (χ0) is 18.6. The molecular weight excluding hydrogens is 341 g/mol. The SMILES string of the molecule is N#CC(C#N)=C(Nc1cccc(C(F)(F)F)c1)c1ccc([N+](=O)[O-])o1. The molecule has 0 spiro atoms. The second-order valence-corrected chi connectivity index (χ2v) is 4.57. The number of halogens is 3. The molecular formula is C15H7F3N4O3. The Morgan fingerprint density at radius 2 is 1.88 bits per heavy atom. The molecule has 1 aromatic heterocycles. The number of furan rings is 1. The van der Waals surface area contributed by atoms with Crippen molar-refractivity contribution in [1.82, 2.24) is 0 Å². The van der Waals surface area contributed by atoms with E-state index in [1.54, 1.807) is 12.1 Å². The summed E-state index contributed by atoms with van der Waals surface area (Å²) in [6, 6.07) is 9.26. The van der Waals surface area contributed by atoms with E-state index in [2.05, 4.69) is 5.32 Å². The molecule has 0 unspecified atom stereocenters. The van der Waals surface area contributed by atoms with Gasteiger partial charge >= 0.3 is 12.1 Å². The van der Waals surface area contributed by atoms with E-state index in [4.69, 9.17) is 14.9 Å². The van der Waals surface area contributed by atoms with Crippen molar-refractivity contribution in [2.75, 3.05) is 5.32 Å². The summed E-state index contributed by atoms with van der Waals surface area (Å²) in [5.74, 6) is -0.879. The van der Waals surface area contributed by atoms with Crippen LogP contribution in [0.5, 0.6) is 0 Å². The Kier molecular flexibility index (Phi) is 4.75. The molecule has 0 saturated heterocycles. The average Bonchev–Trinajstić information content (AvgIpc) is 3.04. The number of nitrogens with zero attached hydrogens (tertiary/aromatic N) is 3. The van der Waals surface area contributed by atoms with Gasteiger partial charge in [-0.05, 0) is 24.3 Å². The lowest BCUT2D eigenvalue weighted by atomic mass is 10.1. The largest absolute Gasteiger partial charge is 0.433 e. The molecule has 2 rings (SSSR count). The van der Waals surface area contributed by atoms with Crippen LogP contribution in [0.25, 0.3) is 5.70 Å². The normalized spacial score (nSPS) is 10.4. The van der Waals surface area contributed by atoms with Crippen molar-refractivity contribution in [3.05, 3.63) is 63.4 Å². The minimum atomic E-state index is -4.58. The highest BCUT2D eigenvalue weighted by Gasteiger charge is 2.30. The number of hydrogen-bond donors (Lipinski definition) is 1. The summed E-state index contributed by atoms with van der Waals surface area (Å²) >= 11 is 0. The third-order valence-electron chi connectivity index (χ3n) is 2.95. The minimum Gasteiger partial charge on any atom is -0.399 e. The van der Waals surface area contributed by atoms with E-state index in [1.165, 1.54) is 6.07 Å². The van der Waals surface area contributed by atoms with Gasteiger partial charge in [-0.3, -0.25) is 10.1 Å². The van der Waals surface area contributed by atoms with Gasteiger partial charge in [0.05, 0.1) is 11.6 Å². The summed E-state index contributed by atoms with van der Waals surface area (Å²) in [5, 5.41) is 31.2. The number of allylic oxidation sites excluding steroid dienone is 1. The van der Waals surface area contributed by atoms with Crippen LogP contribution in [0, 0.1) is 32.8 Å². The van der Waals surface area contributed by atoms with Crippen LogP contribution >= 0.6 is 0 Å². The van der Waals surface area contributed by atoms with Gasteiger partial charge in [0.1, 0.15) is 22.8 Å². The Bertz CT molecular complexity index is 916. The first-order valence-corrected chi connectivity index (χ1v) is 6.49. The molecule has 1 N–H and O–H groups in total. The van der Waals surface area contributed by atoms with Crippen molar-refractivity contribution in [2.24, 2.45) is 0 Å². The highest BCUT2D eigenvalue weighted by Crippen LogP contribution is 2.32. The second kappa shape index (κ2) is 6.76. The van der Waals surface area contributed by atoms with E-state index in [-0.39, 0.29) is 17.1 Å². The number of nitriles is 2. The molecule has 2 aromatic rings. The summed E-state index contributed by atoms with van der Waals surface area (Å²) in [5.41, 5.74) is -1.82. The fraction of sp³-hybridized carbons (Fsp3) is 0.0667. The molecule has 0 fully saturated rings. The smallest absolute Gasteiger partial charge is 0.399 e. The van der Waals surface area contributed by atoms with E-state index in [0.717, 1.165) is 30.3 Å². The summed E-state index contributed by atoms with van der Waals surface area (Å²) in [6.45, 7) is 0. The molecule has 25 heavy (non-hydrogen) atoms. The Hall–Kier alpha value is -3.79. The fourth-order valence-electron chi connectivity index (χ4n) is 1.86. The molecule has 0 bridgehead atoms. The van der Waals surface area contributed by atoms with Crippen LogP contribution in [-0.2, 0) is 6.18 Å². The van der Waals surface area contributed by atoms with Crippen LogP contribution in [0.4, 0.5) is 24.7 Å². The number of anilines is 1. The van der Waals surface area contributed by atoms with Crippen molar-refractivity contribution in [2.45, 2.75) is 6.18 Å². The molecule has 0 atom stereocenters. The van der Waals surface area contributed by atoms with Gasteiger partial charge in [0, 0.05) is 5.69 Å². The molecule has 0 amide bonds. The van der Waals surface area contributed by atoms with Crippen LogP contribution in [-0.4, -0.2) is 4.92 Å². The lowest BCUT2D eigenvalue weighted by Gasteiger charge is -2.12. The maximum atomic E-state index is 12.8. The summed E-state index contributed by atoms with van der Waals surface area (Å²) < 4.78 is 43.2. The van der Waals surface area contributed by atoms with Crippen LogP contribution in [0.2, 0.25) is 0 Å². The van der Waals surface area contributed by atoms with Crippen LogP contribution < -0.4 is 5.32 Å².